The Labute approximate surface area is 118 Å². The Morgan fingerprint density at radius 3 is 2.85 bits per heavy atom. The van der Waals surface area contributed by atoms with Gasteiger partial charge < -0.3 is 10.1 Å². The number of pyridine rings is 1. The summed E-state index contributed by atoms with van der Waals surface area (Å²) < 4.78 is 19.2. The van der Waals surface area contributed by atoms with Crippen LogP contribution in [0, 0.1) is 12.7 Å². The van der Waals surface area contributed by atoms with Gasteiger partial charge in [0.1, 0.15) is 18.2 Å². The lowest BCUT2D eigenvalue weighted by atomic mass is 10.1. The summed E-state index contributed by atoms with van der Waals surface area (Å²) in [7, 11) is 1.84. The number of rotatable bonds is 5. The second kappa shape index (κ2) is 6.48. The van der Waals surface area contributed by atoms with E-state index >= 15 is 0 Å². The Kier molecular flexibility index (Phi) is 4.69. The third-order valence-corrected chi connectivity index (χ3v) is 3.35. The Hall–Kier alpha value is -1.94. The van der Waals surface area contributed by atoms with Gasteiger partial charge in [-0.2, -0.15) is 0 Å². The lowest BCUT2D eigenvalue weighted by Crippen LogP contribution is -2.14. The van der Waals surface area contributed by atoms with Crippen LogP contribution < -0.4 is 10.1 Å². The normalized spacial score (nSPS) is 12.2. The molecule has 1 atom stereocenters. The van der Waals surface area contributed by atoms with Gasteiger partial charge in [-0.05, 0) is 50.7 Å². The first-order chi connectivity index (χ1) is 9.61. The first kappa shape index (κ1) is 14.5. The molecule has 0 aliphatic heterocycles. The van der Waals surface area contributed by atoms with Gasteiger partial charge in [-0.3, -0.25) is 4.98 Å². The largest absolute Gasteiger partial charge is 0.487 e. The summed E-state index contributed by atoms with van der Waals surface area (Å²) in [6.45, 7) is 4.34. The van der Waals surface area contributed by atoms with E-state index in [1.54, 1.807) is 12.3 Å². The highest BCUT2D eigenvalue weighted by Crippen LogP contribution is 2.26. The van der Waals surface area contributed by atoms with Crippen LogP contribution in [0.4, 0.5) is 4.39 Å². The maximum Gasteiger partial charge on any atom is 0.130 e. The van der Waals surface area contributed by atoms with E-state index in [-0.39, 0.29) is 11.9 Å². The van der Waals surface area contributed by atoms with E-state index in [2.05, 4.69) is 10.3 Å². The van der Waals surface area contributed by atoms with Gasteiger partial charge in [-0.1, -0.05) is 6.07 Å². The zero-order valence-corrected chi connectivity index (χ0v) is 12.0. The van der Waals surface area contributed by atoms with Crippen molar-refractivity contribution in [3.63, 3.8) is 0 Å². The van der Waals surface area contributed by atoms with Crippen LogP contribution in [0.5, 0.6) is 5.75 Å². The molecule has 4 heteroatoms. The molecule has 2 aromatic rings. The van der Waals surface area contributed by atoms with Crippen molar-refractivity contribution in [2.45, 2.75) is 26.5 Å². The lowest BCUT2D eigenvalue weighted by Gasteiger charge is -2.17. The van der Waals surface area contributed by atoms with Gasteiger partial charge in [-0.25, -0.2) is 4.39 Å². The van der Waals surface area contributed by atoms with E-state index in [0.29, 0.717) is 12.4 Å². The molecule has 1 unspecified atom stereocenters. The molecule has 0 bridgehead atoms. The zero-order chi connectivity index (χ0) is 14.5. The van der Waals surface area contributed by atoms with E-state index in [0.717, 1.165) is 16.8 Å². The van der Waals surface area contributed by atoms with Crippen LogP contribution >= 0.6 is 0 Å². The van der Waals surface area contributed by atoms with Crippen molar-refractivity contribution in [2.75, 3.05) is 7.05 Å². The summed E-state index contributed by atoms with van der Waals surface area (Å²) in [6.07, 6.45) is 1.74. The molecule has 3 nitrogen and oxygen atoms in total. The second-order valence-electron chi connectivity index (χ2n) is 4.75. The molecular formula is C16H19FN2O. The monoisotopic (exact) mass is 274 g/mol. The molecule has 1 aromatic heterocycles. The molecule has 0 saturated carbocycles. The van der Waals surface area contributed by atoms with Crippen LogP contribution in [-0.2, 0) is 6.61 Å². The standard InChI is InChI=1S/C16H19FN2O/c1-11-5-4-8-19-15(11)10-20-16-7-6-13(17)9-14(16)12(2)18-3/h4-9,12,18H,10H2,1-3H3. The average Bonchev–Trinajstić information content (AvgIpc) is 2.46. The van der Waals surface area contributed by atoms with Crippen molar-refractivity contribution in [3.05, 3.63) is 59.2 Å². The third-order valence-electron chi connectivity index (χ3n) is 3.35. The Morgan fingerprint density at radius 1 is 1.35 bits per heavy atom. The molecule has 2 rings (SSSR count). The first-order valence-electron chi connectivity index (χ1n) is 6.62. The number of benzene rings is 1. The SMILES string of the molecule is CNC(C)c1cc(F)ccc1OCc1ncccc1C. The van der Waals surface area contributed by atoms with Crippen LogP contribution in [0.3, 0.4) is 0 Å². The van der Waals surface area contributed by atoms with E-state index < -0.39 is 0 Å². The number of aromatic nitrogens is 1. The van der Waals surface area contributed by atoms with Gasteiger partial charge in [0.05, 0.1) is 5.69 Å². The number of hydrogen-bond donors (Lipinski definition) is 1. The van der Waals surface area contributed by atoms with Crippen molar-refractivity contribution >= 4 is 0 Å². The molecule has 0 aliphatic rings. The predicted molar refractivity (Wildman–Crippen MR) is 77.2 cm³/mol. The summed E-state index contributed by atoms with van der Waals surface area (Å²) >= 11 is 0. The minimum Gasteiger partial charge on any atom is -0.487 e. The van der Waals surface area contributed by atoms with Gasteiger partial charge in [-0.15, -0.1) is 0 Å². The minimum atomic E-state index is -0.261. The molecule has 0 radical (unpaired) electrons. The van der Waals surface area contributed by atoms with E-state index in [1.807, 2.05) is 33.0 Å². The van der Waals surface area contributed by atoms with Crippen molar-refractivity contribution in [2.24, 2.45) is 0 Å². The molecule has 0 aliphatic carbocycles. The maximum absolute atomic E-state index is 13.4. The molecule has 0 fully saturated rings. The van der Waals surface area contributed by atoms with Crippen molar-refractivity contribution < 1.29 is 9.13 Å². The number of nitrogens with zero attached hydrogens (tertiary/aromatic N) is 1. The first-order valence-corrected chi connectivity index (χ1v) is 6.62. The van der Waals surface area contributed by atoms with E-state index in [1.165, 1.54) is 12.1 Å². The van der Waals surface area contributed by atoms with Gasteiger partial charge in [0.2, 0.25) is 0 Å². The van der Waals surface area contributed by atoms with Crippen molar-refractivity contribution in [3.8, 4) is 5.75 Å². The highest BCUT2D eigenvalue weighted by Gasteiger charge is 2.12. The van der Waals surface area contributed by atoms with E-state index in [9.17, 15) is 4.39 Å². The average molecular weight is 274 g/mol. The van der Waals surface area contributed by atoms with Crippen LogP contribution in [0.25, 0.3) is 0 Å². The molecule has 0 saturated heterocycles. The fraction of sp³-hybridized carbons (Fsp3) is 0.312. The minimum absolute atomic E-state index is 0.0190. The van der Waals surface area contributed by atoms with Gasteiger partial charge in [0.25, 0.3) is 0 Å². The maximum atomic E-state index is 13.4. The molecule has 1 aromatic carbocycles. The second-order valence-corrected chi connectivity index (χ2v) is 4.75. The molecular weight excluding hydrogens is 255 g/mol. The number of hydrogen-bond acceptors (Lipinski definition) is 3. The Bertz CT molecular complexity index is 586. The van der Waals surface area contributed by atoms with Gasteiger partial charge in [0.15, 0.2) is 0 Å². The molecule has 1 N–H and O–H groups in total. The van der Waals surface area contributed by atoms with Gasteiger partial charge >= 0.3 is 0 Å². The summed E-state index contributed by atoms with van der Waals surface area (Å²) in [5.74, 6) is 0.418. The highest BCUT2D eigenvalue weighted by molar-refractivity contribution is 5.36. The summed E-state index contributed by atoms with van der Waals surface area (Å²) in [5, 5.41) is 3.10. The number of halogens is 1. The summed E-state index contributed by atoms with van der Waals surface area (Å²) in [6, 6.07) is 8.48. The topological polar surface area (TPSA) is 34.1 Å². The molecule has 0 spiro atoms. The number of nitrogens with one attached hydrogen (secondary N) is 1. The van der Waals surface area contributed by atoms with E-state index in [4.69, 9.17) is 4.74 Å². The summed E-state index contributed by atoms with van der Waals surface area (Å²) in [5.41, 5.74) is 2.78. The van der Waals surface area contributed by atoms with Crippen LogP contribution in [0.1, 0.15) is 29.8 Å². The summed E-state index contributed by atoms with van der Waals surface area (Å²) in [4.78, 5) is 4.29. The number of aryl methyl sites for hydroxylation is 1. The molecule has 1 heterocycles. The van der Waals surface area contributed by atoms with Crippen LogP contribution in [-0.4, -0.2) is 12.0 Å². The van der Waals surface area contributed by atoms with Gasteiger partial charge in [0, 0.05) is 17.8 Å². The fourth-order valence-electron chi connectivity index (χ4n) is 1.96. The molecule has 20 heavy (non-hydrogen) atoms. The fourth-order valence-corrected chi connectivity index (χ4v) is 1.96. The zero-order valence-electron chi connectivity index (χ0n) is 12.0. The predicted octanol–water partition coefficient (Wildman–Crippen LogP) is 3.39. The highest BCUT2D eigenvalue weighted by atomic mass is 19.1. The Morgan fingerprint density at radius 2 is 2.15 bits per heavy atom. The molecule has 106 valence electrons. The molecule has 0 amide bonds. The quantitative estimate of drug-likeness (QED) is 0.907. The van der Waals surface area contributed by atoms with Crippen LogP contribution in [0.15, 0.2) is 36.5 Å². The van der Waals surface area contributed by atoms with Crippen LogP contribution in [0.2, 0.25) is 0 Å². The Balaban J connectivity index is 2.19. The lowest BCUT2D eigenvalue weighted by molar-refractivity contribution is 0.294. The number of ether oxygens (including phenoxy) is 1. The van der Waals surface area contributed by atoms with Crippen molar-refractivity contribution in [1.29, 1.82) is 0 Å². The smallest absolute Gasteiger partial charge is 0.130 e. The van der Waals surface area contributed by atoms with Crippen molar-refractivity contribution in [1.82, 2.24) is 10.3 Å². The third kappa shape index (κ3) is 3.33.